The van der Waals surface area contributed by atoms with Crippen LogP contribution in [0.2, 0.25) is 0 Å². The van der Waals surface area contributed by atoms with Crippen LogP contribution in [0.5, 0.6) is 0 Å². The number of nitrogens with one attached hydrogen (secondary N) is 1. The van der Waals surface area contributed by atoms with E-state index >= 15 is 0 Å². The number of hydrogen-bond acceptors (Lipinski definition) is 4. The van der Waals surface area contributed by atoms with Gasteiger partial charge in [-0.25, -0.2) is 10.7 Å². The minimum atomic E-state index is -0.666. The largest absolute Gasteiger partial charge is 0.307 e. The number of Topliss-reactive ketones (excluding diaryl/α,β-unsaturated/α-hetero) is 1. The lowest BCUT2D eigenvalue weighted by Gasteiger charge is -2.69. The molecule has 6 heteroatoms. The van der Waals surface area contributed by atoms with E-state index in [1.165, 1.54) is 0 Å². The molecule has 0 aromatic rings. The molecule has 5 aliphatic carbocycles. The van der Waals surface area contributed by atoms with Crippen LogP contribution in [-0.2, 0) is 14.4 Å². The van der Waals surface area contributed by atoms with E-state index in [1.807, 2.05) is 26.0 Å². The molecular formula is C31H43N3O3. The molecule has 1 amide bonds. The average molecular weight is 506 g/mol. The number of ketones is 2. The second-order valence-electron chi connectivity index (χ2n) is 14.9. The number of rotatable bonds is 1. The summed E-state index contributed by atoms with van der Waals surface area (Å²) in [7, 11) is 0. The van der Waals surface area contributed by atoms with Crippen molar-refractivity contribution in [1.82, 2.24) is 5.43 Å². The van der Waals surface area contributed by atoms with Crippen LogP contribution < -0.4 is 11.3 Å². The van der Waals surface area contributed by atoms with Crippen LogP contribution in [-0.4, -0.2) is 17.5 Å². The lowest BCUT2D eigenvalue weighted by molar-refractivity contribution is -0.178. The molecule has 0 aliphatic heterocycles. The van der Waals surface area contributed by atoms with Crippen LogP contribution >= 0.6 is 0 Å². The molecule has 3 N–H and O–H groups in total. The van der Waals surface area contributed by atoms with E-state index in [0.29, 0.717) is 0 Å². The van der Waals surface area contributed by atoms with Crippen LogP contribution in [0, 0.1) is 56.8 Å². The summed E-state index contributed by atoms with van der Waals surface area (Å²) in [6.07, 6.45) is 9.58. The molecule has 0 aromatic heterocycles. The Morgan fingerprint density at radius 3 is 2.30 bits per heavy atom. The van der Waals surface area contributed by atoms with Gasteiger partial charge in [0.25, 0.3) is 0 Å². The van der Waals surface area contributed by atoms with Crippen molar-refractivity contribution in [2.45, 2.75) is 93.4 Å². The molecule has 3 fully saturated rings. The second-order valence-corrected chi connectivity index (χ2v) is 14.9. The van der Waals surface area contributed by atoms with Crippen molar-refractivity contribution in [2.75, 3.05) is 0 Å². The maximum absolute atomic E-state index is 14.4. The van der Waals surface area contributed by atoms with E-state index in [2.05, 4.69) is 44.9 Å². The van der Waals surface area contributed by atoms with Crippen molar-refractivity contribution in [2.24, 2.45) is 56.1 Å². The van der Waals surface area contributed by atoms with E-state index in [-0.39, 0.29) is 57.2 Å². The molecule has 5 rings (SSSR count). The summed E-state index contributed by atoms with van der Waals surface area (Å²) in [5, 5.41) is 0. The van der Waals surface area contributed by atoms with Crippen molar-refractivity contribution >= 4 is 17.5 Å². The Labute approximate surface area is 221 Å². The topological polar surface area (TPSA) is 93.6 Å². The monoisotopic (exact) mass is 505 g/mol. The van der Waals surface area contributed by atoms with Crippen LogP contribution in [0.3, 0.4) is 0 Å². The van der Waals surface area contributed by atoms with Gasteiger partial charge in [0.05, 0.1) is 12.0 Å². The highest BCUT2D eigenvalue weighted by Gasteiger charge is 2.70. The molecule has 37 heavy (non-hydrogen) atoms. The van der Waals surface area contributed by atoms with Crippen LogP contribution in [0.4, 0.5) is 0 Å². The SMILES string of the molecule is [C-]#[N+]C1=C[C@]2(C)C3=CC(=O)[C@@H]4[C@@H]5CC(C)(C)CC[C@]5(C(=O)NN)CC[C@@]4(C)[C@]3(C)CC[C@H]2C(C)(C)C1=O. The molecule has 0 saturated heterocycles. The number of amides is 1. The third kappa shape index (κ3) is 3.10. The Morgan fingerprint density at radius 1 is 1.03 bits per heavy atom. The van der Waals surface area contributed by atoms with Gasteiger partial charge in [0.2, 0.25) is 11.6 Å². The Kier molecular flexibility index (Phi) is 5.45. The van der Waals surface area contributed by atoms with Gasteiger partial charge in [0, 0.05) is 16.7 Å². The predicted octanol–water partition coefficient (Wildman–Crippen LogP) is 5.55. The van der Waals surface area contributed by atoms with Crippen LogP contribution in [0.15, 0.2) is 23.4 Å². The summed E-state index contributed by atoms with van der Waals surface area (Å²) in [4.78, 5) is 44.6. The fraction of sp³-hybridized carbons (Fsp3) is 0.742. The molecule has 6 nitrogen and oxygen atoms in total. The zero-order valence-electron chi connectivity index (χ0n) is 23.6. The molecule has 5 aliphatic rings. The minimum absolute atomic E-state index is 0.0320. The normalized spacial score (nSPS) is 45.6. The maximum atomic E-state index is 14.4. The molecule has 0 spiro atoms. The second kappa shape index (κ2) is 7.65. The van der Waals surface area contributed by atoms with Crippen molar-refractivity contribution in [1.29, 1.82) is 0 Å². The number of carbonyl (C=O) groups excluding carboxylic acids is 3. The summed E-state index contributed by atoms with van der Waals surface area (Å²) in [5.74, 6) is 5.36. The molecule has 7 atom stereocenters. The first kappa shape index (κ1) is 26.4. The lowest BCUT2D eigenvalue weighted by atomic mass is 9.34. The highest BCUT2D eigenvalue weighted by Crippen LogP contribution is 2.74. The molecule has 0 radical (unpaired) electrons. The number of hydrogen-bond donors (Lipinski definition) is 2. The van der Waals surface area contributed by atoms with Crippen molar-refractivity contribution < 1.29 is 14.4 Å². The van der Waals surface area contributed by atoms with Gasteiger partial charge in [-0.1, -0.05) is 60.1 Å². The number of fused-ring (bicyclic) bond motifs is 7. The standard InChI is InChI=1S/C31H43N3O3/c1-26(2)11-13-31(25(37)34-32)14-12-30(7)23(18(31)16-26)20(35)15-22-28(5)17-19(33-8)24(36)27(3,4)21(28)9-10-29(22,30)6/h15,17-18,21,23H,9-14,16,32H2,1-7H3,(H,34,37)/t18-,21-,23-,28-,29+,30+,31-/m0/s1. The highest BCUT2D eigenvalue weighted by atomic mass is 16.2. The van der Waals surface area contributed by atoms with E-state index in [4.69, 9.17) is 12.4 Å². The molecule has 0 bridgehead atoms. The van der Waals surface area contributed by atoms with Gasteiger partial charge in [0.1, 0.15) is 0 Å². The first-order chi connectivity index (χ1) is 17.0. The third-order valence-electron chi connectivity index (χ3n) is 12.4. The Bertz CT molecular complexity index is 1200. The van der Waals surface area contributed by atoms with Crippen LogP contribution in [0.25, 0.3) is 4.85 Å². The summed E-state index contributed by atoms with van der Waals surface area (Å²) in [5.41, 5.74) is 1.41. The van der Waals surface area contributed by atoms with Gasteiger partial charge in [0.15, 0.2) is 11.6 Å². The fourth-order valence-electron chi connectivity index (χ4n) is 10.1. The Hall–Kier alpha value is -2.26. The van der Waals surface area contributed by atoms with Crippen molar-refractivity contribution in [3.63, 3.8) is 0 Å². The van der Waals surface area contributed by atoms with E-state index < -0.39 is 16.2 Å². The molecule has 0 heterocycles. The van der Waals surface area contributed by atoms with Gasteiger partial charge >= 0.3 is 0 Å². The quantitative estimate of drug-likeness (QED) is 0.211. The minimum Gasteiger partial charge on any atom is -0.307 e. The van der Waals surface area contributed by atoms with E-state index in [1.54, 1.807) is 0 Å². The van der Waals surface area contributed by atoms with E-state index in [0.717, 1.165) is 50.5 Å². The number of carbonyl (C=O) groups is 3. The van der Waals surface area contributed by atoms with Crippen molar-refractivity contribution in [3.8, 4) is 0 Å². The van der Waals surface area contributed by atoms with Crippen LogP contribution in [0.1, 0.15) is 93.4 Å². The van der Waals surface area contributed by atoms with Crippen molar-refractivity contribution in [3.05, 3.63) is 34.8 Å². The summed E-state index contributed by atoms with van der Waals surface area (Å²) in [6.45, 7) is 22.9. The van der Waals surface area contributed by atoms with Gasteiger partial charge in [-0.15, -0.1) is 0 Å². The van der Waals surface area contributed by atoms with Gasteiger partial charge < -0.3 is 4.79 Å². The Morgan fingerprint density at radius 2 is 1.68 bits per heavy atom. The average Bonchev–Trinajstić information content (AvgIpc) is 2.82. The fourth-order valence-corrected chi connectivity index (χ4v) is 10.1. The predicted molar refractivity (Wildman–Crippen MR) is 142 cm³/mol. The summed E-state index contributed by atoms with van der Waals surface area (Å²) >= 11 is 0. The lowest BCUT2D eigenvalue weighted by Crippen LogP contribution is -2.66. The zero-order chi connectivity index (χ0) is 27.4. The number of allylic oxidation sites excluding steroid dienone is 4. The molecule has 0 unspecified atom stereocenters. The molecule has 200 valence electrons. The molecule has 0 aromatic carbocycles. The molecule has 3 saturated carbocycles. The summed E-state index contributed by atoms with van der Waals surface area (Å²) in [6, 6.07) is 0. The zero-order valence-corrected chi connectivity index (χ0v) is 23.6. The first-order valence-electron chi connectivity index (χ1n) is 14.0. The van der Waals surface area contributed by atoms with Gasteiger partial charge in [-0.3, -0.25) is 15.0 Å². The van der Waals surface area contributed by atoms with Gasteiger partial charge in [-0.2, -0.15) is 0 Å². The smallest absolute Gasteiger partial charge is 0.240 e. The number of nitrogens with zero attached hydrogens (tertiary/aromatic N) is 1. The number of nitrogens with two attached hydrogens (primary N) is 1. The third-order valence-corrected chi connectivity index (χ3v) is 12.4. The Balaban J connectivity index is 1.71. The highest BCUT2D eigenvalue weighted by molar-refractivity contribution is 6.03. The number of hydrazine groups is 1. The molecular weight excluding hydrogens is 462 g/mol. The van der Waals surface area contributed by atoms with E-state index in [9.17, 15) is 14.4 Å². The summed E-state index contributed by atoms with van der Waals surface area (Å²) < 4.78 is 0. The maximum Gasteiger partial charge on any atom is 0.240 e. The first-order valence-corrected chi connectivity index (χ1v) is 14.0. The van der Waals surface area contributed by atoms with Gasteiger partial charge in [-0.05, 0) is 79.1 Å².